The number of ether oxygens (including phenoxy) is 2. The van der Waals surface area contributed by atoms with Gasteiger partial charge in [-0.2, -0.15) is 0 Å². The summed E-state index contributed by atoms with van der Waals surface area (Å²) in [5.41, 5.74) is 2.85. The Balaban J connectivity index is 1.70. The normalized spacial score (nSPS) is 18.4. The van der Waals surface area contributed by atoms with Gasteiger partial charge in [0.15, 0.2) is 0 Å². The number of fused-ring (bicyclic) bond motifs is 1. The zero-order valence-corrected chi connectivity index (χ0v) is 16.4. The van der Waals surface area contributed by atoms with Gasteiger partial charge in [0.05, 0.1) is 26.6 Å². The van der Waals surface area contributed by atoms with E-state index in [2.05, 4.69) is 4.90 Å². The molecular weight excluding hydrogens is 354 g/mol. The minimum Gasteiger partial charge on any atom is -0.497 e. The van der Waals surface area contributed by atoms with Crippen molar-refractivity contribution in [2.75, 3.05) is 38.9 Å². The molecule has 1 amide bonds. The first-order valence-electron chi connectivity index (χ1n) is 9.65. The third-order valence-corrected chi connectivity index (χ3v) is 5.31. The van der Waals surface area contributed by atoms with Gasteiger partial charge < -0.3 is 9.47 Å². The Morgan fingerprint density at radius 2 is 1.79 bits per heavy atom. The van der Waals surface area contributed by atoms with Gasteiger partial charge in [-0.3, -0.25) is 14.6 Å². The highest BCUT2D eigenvalue weighted by Crippen LogP contribution is 2.35. The molecule has 2 aromatic carbocycles. The predicted molar refractivity (Wildman–Crippen MR) is 110 cm³/mol. The van der Waals surface area contributed by atoms with Crippen molar-refractivity contribution in [3.8, 4) is 11.5 Å². The van der Waals surface area contributed by atoms with Crippen LogP contribution in [0.1, 0.15) is 24.8 Å². The van der Waals surface area contributed by atoms with E-state index in [1.54, 1.807) is 20.3 Å². The summed E-state index contributed by atoms with van der Waals surface area (Å²) in [5.74, 6) is 1.20. The third-order valence-electron chi connectivity index (χ3n) is 5.31. The van der Waals surface area contributed by atoms with Crippen LogP contribution < -0.4 is 14.4 Å². The second-order valence-corrected chi connectivity index (χ2v) is 7.07. The number of para-hydroxylation sites is 1. The van der Waals surface area contributed by atoms with Crippen LogP contribution in [0.3, 0.4) is 0 Å². The molecule has 6 heteroatoms. The number of likely N-dealkylation sites (tertiary alicyclic amines) is 1. The molecule has 2 aliphatic rings. The van der Waals surface area contributed by atoms with Crippen LogP contribution in [0.4, 0.5) is 11.4 Å². The summed E-state index contributed by atoms with van der Waals surface area (Å²) in [7, 11) is 3.20. The van der Waals surface area contributed by atoms with Gasteiger partial charge in [0.2, 0.25) is 0 Å². The smallest absolute Gasteiger partial charge is 0.278 e. The number of benzene rings is 2. The van der Waals surface area contributed by atoms with Crippen molar-refractivity contribution in [2.24, 2.45) is 4.99 Å². The molecule has 2 aliphatic heterocycles. The molecule has 0 aliphatic carbocycles. The molecule has 0 aromatic heterocycles. The fourth-order valence-electron chi connectivity index (χ4n) is 3.81. The average Bonchev–Trinajstić information content (AvgIpc) is 3.00. The number of carbonyl (C=O) groups is 1. The summed E-state index contributed by atoms with van der Waals surface area (Å²) in [4.78, 5) is 22.1. The van der Waals surface area contributed by atoms with Gasteiger partial charge in [0.25, 0.3) is 5.91 Å². The van der Waals surface area contributed by atoms with Gasteiger partial charge in [-0.1, -0.05) is 24.6 Å². The van der Waals surface area contributed by atoms with E-state index in [0.717, 1.165) is 24.3 Å². The molecule has 1 fully saturated rings. The predicted octanol–water partition coefficient (Wildman–Crippen LogP) is 3.61. The number of hydrogen-bond acceptors (Lipinski definition) is 5. The number of rotatable bonds is 5. The van der Waals surface area contributed by atoms with E-state index in [0.29, 0.717) is 29.6 Å². The van der Waals surface area contributed by atoms with E-state index in [-0.39, 0.29) is 5.91 Å². The largest absolute Gasteiger partial charge is 0.497 e. The molecule has 2 heterocycles. The highest BCUT2D eigenvalue weighted by Gasteiger charge is 2.35. The van der Waals surface area contributed by atoms with Crippen LogP contribution in [0.5, 0.6) is 11.5 Å². The minimum absolute atomic E-state index is 0.0651. The van der Waals surface area contributed by atoms with Gasteiger partial charge in [-0.15, -0.1) is 0 Å². The molecule has 146 valence electrons. The topological polar surface area (TPSA) is 54.4 Å². The van der Waals surface area contributed by atoms with Gasteiger partial charge >= 0.3 is 0 Å². The van der Waals surface area contributed by atoms with Crippen LogP contribution in [0.25, 0.3) is 0 Å². The zero-order chi connectivity index (χ0) is 19.5. The Kier molecular flexibility index (Phi) is 5.30. The van der Waals surface area contributed by atoms with Crippen molar-refractivity contribution >= 4 is 23.0 Å². The molecule has 0 unspecified atom stereocenters. The van der Waals surface area contributed by atoms with E-state index in [1.807, 2.05) is 41.3 Å². The molecule has 0 N–H and O–H groups in total. The van der Waals surface area contributed by atoms with Crippen molar-refractivity contribution in [1.82, 2.24) is 4.90 Å². The first-order chi connectivity index (χ1) is 13.7. The van der Waals surface area contributed by atoms with Crippen LogP contribution in [-0.4, -0.2) is 50.5 Å². The molecule has 1 saturated heterocycles. The van der Waals surface area contributed by atoms with E-state index >= 15 is 0 Å². The van der Waals surface area contributed by atoms with E-state index in [4.69, 9.17) is 14.5 Å². The van der Waals surface area contributed by atoms with E-state index in [1.165, 1.54) is 19.3 Å². The number of carbonyl (C=O) groups excluding carboxylic acids is 1. The van der Waals surface area contributed by atoms with Gasteiger partial charge in [-0.05, 0) is 44.1 Å². The number of aliphatic imine (C=N–C) groups is 1. The Labute approximate surface area is 165 Å². The fourth-order valence-corrected chi connectivity index (χ4v) is 3.81. The van der Waals surface area contributed by atoms with Crippen molar-refractivity contribution < 1.29 is 14.3 Å². The molecule has 0 saturated carbocycles. The Morgan fingerprint density at radius 1 is 1.00 bits per heavy atom. The number of anilines is 1. The van der Waals surface area contributed by atoms with E-state index < -0.39 is 0 Å². The minimum atomic E-state index is -0.0651. The number of hydrogen-bond donors (Lipinski definition) is 0. The summed E-state index contributed by atoms with van der Waals surface area (Å²) in [6.07, 6.45) is 3.65. The van der Waals surface area contributed by atoms with Crippen LogP contribution >= 0.6 is 0 Å². The standard InChI is InChI=1S/C22H25N3O3/c1-27-16-10-11-18(20(14-16)28-2)23-21-17-8-4-5-9-19(17)25(22(21)26)15-24-12-6-3-7-13-24/h4-5,8-11,14H,3,6-7,12-13,15H2,1-2H3. The number of amides is 1. The first-order valence-corrected chi connectivity index (χ1v) is 9.65. The Bertz CT molecular complexity index is 904. The van der Waals surface area contributed by atoms with Crippen molar-refractivity contribution in [3.63, 3.8) is 0 Å². The molecular formula is C22H25N3O3. The molecule has 0 atom stereocenters. The highest BCUT2D eigenvalue weighted by molar-refractivity contribution is 6.54. The second-order valence-electron chi connectivity index (χ2n) is 7.07. The summed E-state index contributed by atoms with van der Waals surface area (Å²) in [5, 5.41) is 0. The maximum atomic E-state index is 13.3. The fraction of sp³-hybridized carbons (Fsp3) is 0.364. The van der Waals surface area contributed by atoms with Gasteiger partial charge in [-0.25, -0.2) is 4.99 Å². The number of methoxy groups -OCH3 is 2. The van der Waals surface area contributed by atoms with Crippen LogP contribution in [0, 0.1) is 0 Å². The lowest BCUT2D eigenvalue weighted by Gasteiger charge is -2.30. The van der Waals surface area contributed by atoms with Crippen molar-refractivity contribution in [3.05, 3.63) is 48.0 Å². The van der Waals surface area contributed by atoms with Crippen molar-refractivity contribution in [2.45, 2.75) is 19.3 Å². The van der Waals surface area contributed by atoms with Crippen LogP contribution in [-0.2, 0) is 4.79 Å². The maximum Gasteiger partial charge on any atom is 0.278 e. The molecule has 2 aromatic rings. The quantitative estimate of drug-likeness (QED) is 0.796. The first kappa shape index (κ1) is 18.5. The average molecular weight is 379 g/mol. The van der Waals surface area contributed by atoms with Gasteiger partial charge in [0, 0.05) is 11.6 Å². The van der Waals surface area contributed by atoms with Crippen LogP contribution in [0.15, 0.2) is 47.5 Å². The maximum absolute atomic E-state index is 13.3. The monoisotopic (exact) mass is 379 g/mol. The highest BCUT2D eigenvalue weighted by atomic mass is 16.5. The number of nitrogens with zero attached hydrogens (tertiary/aromatic N) is 3. The lowest BCUT2D eigenvalue weighted by atomic mass is 10.1. The molecule has 0 spiro atoms. The molecule has 0 radical (unpaired) electrons. The van der Waals surface area contributed by atoms with Crippen LogP contribution in [0.2, 0.25) is 0 Å². The van der Waals surface area contributed by atoms with Crippen molar-refractivity contribution in [1.29, 1.82) is 0 Å². The summed E-state index contributed by atoms with van der Waals surface area (Å²) < 4.78 is 10.7. The lowest BCUT2D eigenvalue weighted by Crippen LogP contribution is -2.43. The second kappa shape index (κ2) is 8.02. The molecule has 28 heavy (non-hydrogen) atoms. The summed E-state index contributed by atoms with van der Waals surface area (Å²) >= 11 is 0. The molecule has 4 rings (SSSR count). The molecule has 6 nitrogen and oxygen atoms in total. The SMILES string of the molecule is COc1ccc(N=C2C(=O)N(CN3CCCCC3)c3ccccc32)c(OC)c1. The zero-order valence-electron chi connectivity index (χ0n) is 16.4. The molecule has 0 bridgehead atoms. The number of piperidine rings is 1. The summed E-state index contributed by atoms with van der Waals surface area (Å²) in [6.45, 7) is 2.67. The summed E-state index contributed by atoms with van der Waals surface area (Å²) in [6, 6.07) is 13.3. The van der Waals surface area contributed by atoms with E-state index in [9.17, 15) is 4.79 Å². The Morgan fingerprint density at radius 3 is 2.54 bits per heavy atom. The van der Waals surface area contributed by atoms with Gasteiger partial charge in [0.1, 0.15) is 22.9 Å². The lowest BCUT2D eigenvalue weighted by molar-refractivity contribution is -0.112. The third kappa shape index (κ3) is 3.47. The Hall–Kier alpha value is -2.86.